The summed E-state index contributed by atoms with van der Waals surface area (Å²) in [5.41, 5.74) is -0.0344. The molecule has 0 bridgehead atoms. The molecule has 0 unspecified atom stereocenters. The summed E-state index contributed by atoms with van der Waals surface area (Å²) in [7, 11) is 0. The third-order valence-electron chi connectivity index (χ3n) is 2.30. The van der Waals surface area contributed by atoms with Gasteiger partial charge in [-0.05, 0) is 25.7 Å². The second-order valence-corrected chi connectivity index (χ2v) is 3.87. The number of hydrogen-bond donors (Lipinski definition) is 1. The quantitative estimate of drug-likeness (QED) is 0.360. The van der Waals surface area contributed by atoms with Gasteiger partial charge in [0, 0.05) is 19.8 Å². The highest BCUT2D eigenvalue weighted by Crippen LogP contribution is 1.97. The van der Waals surface area contributed by atoms with E-state index in [0.717, 1.165) is 45.3 Å². The van der Waals surface area contributed by atoms with Gasteiger partial charge < -0.3 is 10.1 Å². The van der Waals surface area contributed by atoms with E-state index in [-0.39, 0.29) is 11.5 Å². The molecule has 0 aliphatic carbocycles. The maximum atomic E-state index is 11.1. The van der Waals surface area contributed by atoms with Crippen molar-refractivity contribution in [2.75, 3.05) is 19.8 Å². The molecule has 0 heterocycles. The minimum Gasteiger partial charge on any atom is -0.381 e. The first-order valence-electron chi connectivity index (χ1n) is 6.17. The molecule has 4 nitrogen and oxygen atoms in total. The van der Waals surface area contributed by atoms with Gasteiger partial charge in [0.25, 0.3) is 5.91 Å². The lowest BCUT2D eigenvalue weighted by atomic mass is 10.2. The number of rotatable bonds is 10. The van der Waals surface area contributed by atoms with Crippen molar-refractivity contribution in [2.45, 2.75) is 39.0 Å². The van der Waals surface area contributed by atoms with Crippen LogP contribution in [0.1, 0.15) is 39.0 Å². The van der Waals surface area contributed by atoms with Gasteiger partial charge in [-0.2, -0.15) is 5.26 Å². The lowest BCUT2D eigenvalue weighted by Gasteiger charge is -2.04. The molecular weight excluding hydrogens is 216 g/mol. The highest BCUT2D eigenvalue weighted by Gasteiger charge is 2.03. The van der Waals surface area contributed by atoms with E-state index in [1.54, 1.807) is 6.07 Å². The van der Waals surface area contributed by atoms with E-state index in [1.807, 2.05) is 0 Å². The van der Waals surface area contributed by atoms with Crippen molar-refractivity contribution in [3.05, 3.63) is 12.2 Å². The molecule has 17 heavy (non-hydrogen) atoms. The molecule has 1 N–H and O–H groups in total. The van der Waals surface area contributed by atoms with Gasteiger partial charge in [-0.1, -0.05) is 19.9 Å². The minimum absolute atomic E-state index is 0.0344. The van der Waals surface area contributed by atoms with Crippen molar-refractivity contribution >= 4 is 5.91 Å². The van der Waals surface area contributed by atoms with Crippen LogP contribution in [0.3, 0.4) is 0 Å². The normalized spacial score (nSPS) is 9.65. The second kappa shape index (κ2) is 11.2. The lowest BCUT2D eigenvalue weighted by molar-refractivity contribution is -0.117. The molecule has 4 heteroatoms. The summed E-state index contributed by atoms with van der Waals surface area (Å²) in [5.74, 6) is -0.369. The van der Waals surface area contributed by atoms with E-state index in [1.165, 1.54) is 0 Å². The molecule has 0 saturated heterocycles. The van der Waals surface area contributed by atoms with E-state index in [9.17, 15) is 4.79 Å². The van der Waals surface area contributed by atoms with Gasteiger partial charge >= 0.3 is 0 Å². The molecule has 0 fully saturated rings. The monoisotopic (exact) mass is 238 g/mol. The van der Waals surface area contributed by atoms with E-state index in [0.29, 0.717) is 6.54 Å². The molecule has 0 aliphatic heterocycles. The maximum absolute atomic E-state index is 11.1. The third kappa shape index (κ3) is 9.58. The maximum Gasteiger partial charge on any atom is 0.261 e. The van der Waals surface area contributed by atoms with Crippen LogP contribution in [0.5, 0.6) is 0 Å². The summed E-state index contributed by atoms with van der Waals surface area (Å²) < 4.78 is 5.41. The molecule has 0 spiro atoms. The zero-order chi connectivity index (χ0) is 12.9. The first-order valence-corrected chi connectivity index (χ1v) is 6.17. The summed E-state index contributed by atoms with van der Waals surface area (Å²) in [5, 5.41) is 11.1. The van der Waals surface area contributed by atoms with Gasteiger partial charge in [-0.25, -0.2) is 0 Å². The van der Waals surface area contributed by atoms with Crippen molar-refractivity contribution in [2.24, 2.45) is 0 Å². The van der Waals surface area contributed by atoms with Crippen LogP contribution < -0.4 is 5.32 Å². The van der Waals surface area contributed by atoms with Crippen LogP contribution in [0, 0.1) is 11.3 Å². The molecule has 1 amide bonds. The van der Waals surface area contributed by atoms with Crippen LogP contribution in [0.25, 0.3) is 0 Å². The van der Waals surface area contributed by atoms with E-state index in [4.69, 9.17) is 10.00 Å². The van der Waals surface area contributed by atoms with Gasteiger partial charge in [-0.3, -0.25) is 4.79 Å². The molecule has 0 aliphatic rings. The molecule has 0 aromatic carbocycles. The van der Waals surface area contributed by atoms with Gasteiger partial charge in [0.2, 0.25) is 0 Å². The number of nitrogens with one attached hydrogen (secondary N) is 1. The summed E-state index contributed by atoms with van der Waals surface area (Å²) in [6, 6.07) is 1.72. The average molecular weight is 238 g/mol. The summed E-state index contributed by atoms with van der Waals surface area (Å²) >= 11 is 0. The van der Waals surface area contributed by atoms with Crippen LogP contribution in [0.15, 0.2) is 12.2 Å². The van der Waals surface area contributed by atoms with E-state index in [2.05, 4.69) is 18.8 Å². The predicted octanol–water partition coefficient (Wildman–Crippen LogP) is 2.17. The van der Waals surface area contributed by atoms with E-state index >= 15 is 0 Å². The molecular formula is C13H22N2O2. The second-order valence-electron chi connectivity index (χ2n) is 3.87. The van der Waals surface area contributed by atoms with Crippen LogP contribution in [0.2, 0.25) is 0 Å². The lowest BCUT2D eigenvalue weighted by Crippen LogP contribution is -2.25. The first-order chi connectivity index (χ1) is 8.22. The summed E-state index contributed by atoms with van der Waals surface area (Å²) in [6.45, 7) is 7.70. The highest BCUT2D eigenvalue weighted by atomic mass is 16.5. The molecule has 0 rings (SSSR count). The molecule has 0 aromatic heterocycles. The molecule has 96 valence electrons. The number of hydrogen-bond acceptors (Lipinski definition) is 3. The van der Waals surface area contributed by atoms with Crippen molar-refractivity contribution in [1.82, 2.24) is 5.32 Å². The number of carbonyl (C=O) groups is 1. The Bertz CT molecular complexity index is 269. The van der Waals surface area contributed by atoms with Crippen LogP contribution in [0.4, 0.5) is 0 Å². The summed E-state index contributed by atoms with van der Waals surface area (Å²) in [4.78, 5) is 11.1. The van der Waals surface area contributed by atoms with Crippen LogP contribution in [-0.2, 0) is 9.53 Å². The number of nitrogens with zero attached hydrogens (tertiary/aromatic N) is 1. The molecule has 0 saturated carbocycles. The number of ether oxygens (including phenoxy) is 1. The third-order valence-corrected chi connectivity index (χ3v) is 2.30. The Hall–Kier alpha value is -1.34. The van der Waals surface area contributed by atoms with Gasteiger partial charge in [0.1, 0.15) is 11.6 Å². The number of nitriles is 1. The van der Waals surface area contributed by atoms with E-state index < -0.39 is 0 Å². The van der Waals surface area contributed by atoms with Crippen molar-refractivity contribution < 1.29 is 9.53 Å². The molecule has 0 aromatic rings. The number of amides is 1. The molecule has 0 atom stereocenters. The Morgan fingerprint density at radius 1 is 1.29 bits per heavy atom. The van der Waals surface area contributed by atoms with Gasteiger partial charge in [-0.15, -0.1) is 0 Å². The summed E-state index contributed by atoms with van der Waals surface area (Å²) in [6.07, 6.45) is 5.22. The van der Waals surface area contributed by atoms with Crippen LogP contribution in [-0.4, -0.2) is 25.7 Å². The van der Waals surface area contributed by atoms with Gasteiger partial charge in [0.05, 0.1) is 0 Å². The van der Waals surface area contributed by atoms with Crippen LogP contribution >= 0.6 is 0 Å². The van der Waals surface area contributed by atoms with Gasteiger partial charge in [0.15, 0.2) is 0 Å². The standard InChI is InChI=1S/C13H22N2O2/c1-3-4-9-17-10-7-5-6-8-15-13(16)12(2)11-14/h2-10H2,1H3,(H,15,16). The number of carbonyl (C=O) groups excluding carboxylic acids is 1. The Morgan fingerprint density at radius 2 is 2.00 bits per heavy atom. The van der Waals surface area contributed by atoms with Crippen molar-refractivity contribution in [3.63, 3.8) is 0 Å². The van der Waals surface area contributed by atoms with Crippen molar-refractivity contribution in [3.8, 4) is 6.07 Å². The Kier molecular flexibility index (Phi) is 10.3. The predicted molar refractivity (Wildman–Crippen MR) is 67.3 cm³/mol. The Balaban J connectivity index is 3.22. The SMILES string of the molecule is C=C(C#N)C(=O)NCCCCCOCCCC. The fraction of sp³-hybridized carbons (Fsp3) is 0.692. The first kappa shape index (κ1) is 15.7. The fourth-order valence-corrected chi connectivity index (χ4v) is 1.21. The zero-order valence-corrected chi connectivity index (χ0v) is 10.6. The topological polar surface area (TPSA) is 62.1 Å². The smallest absolute Gasteiger partial charge is 0.261 e. The minimum atomic E-state index is -0.369. The molecule has 0 radical (unpaired) electrons. The Labute approximate surface area is 104 Å². The highest BCUT2D eigenvalue weighted by molar-refractivity contribution is 5.96. The average Bonchev–Trinajstić information content (AvgIpc) is 2.35. The van der Waals surface area contributed by atoms with Crippen molar-refractivity contribution in [1.29, 1.82) is 5.26 Å². The largest absolute Gasteiger partial charge is 0.381 e. The zero-order valence-electron chi connectivity index (χ0n) is 10.6. The fourth-order valence-electron chi connectivity index (χ4n) is 1.21. The number of unbranched alkanes of at least 4 members (excludes halogenated alkanes) is 3. The Morgan fingerprint density at radius 3 is 2.65 bits per heavy atom.